The van der Waals surface area contributed by atoms with E-state index in [0.717, 1.165) is 24.6 Å². The number of thiazole rings is 1. The van der Waals surface area contributed by atoms with Crippen molar-refractivity contribution in [2.24, 2.45) is 11.8 Å². The summed E-state index contributed by atoms with van der Waals surface area (Å²) in [5.41, 5.74) is 5.95. The van der Waals surface area contributed by atoms with E-state index in [2.05, 4.69) is 38.0 Å². The van der Waals surface area contributed by atoms with E-state index in [1.54, 1.807) is 0 Å². The maximum absolute atomic E-state index is 12.8. The first kappa shape index (κ1) is 16.1. The first-order chi connectivity index (χ1) is 9.93. The molecule has 1 saturated heterocycles. The highest BCUT2D eigenvalue weighted by Crippen LogP contribution is 2.32. The van der Waals surface area contributed by atoms with E-state index >= 15 is 0 Å². The minimum atomic E-state index is 0.0282. The molecule has 1 fully saturated rings. The topological polar surface area (TPSA) is 71.2 Å². The van der Waals surface area contributed by atoms with Crippen LogP contribution in [-0.4, -0.2) is 34.9 Å². The Bertz CT molecular complexity index is 502. The Morgan fingerprint density at radius 3 is 2.86 bits per heavy atom. The van der Waals surface area contributed by atoms with E-state index in [-0.39, 0.29) is 11.9 Å². The van der Waals surface area contributed by atoms with Crippen LogP contribution in [-0.2, 0) is 0 Å². The van der Waals surface area contributed by atoms with Crippen LogP contribution in [0, 0.1) is 11.8 Å². The van der Waals surface area contributed by atoms with Crippen molar-refractivity contribution >= 4 is 28.2 Å². The standard InChI is InChI=1S/C15H26N4OS/c1-5-6-17-15-18-13(16)12(21-15)14(20)19-8-9(2)7-10(3)11(19)4/h9-11H,5-8,16H2,1-4H3,(H,17,18). The van der Waals surface area contributed by atoms with Gasteiger partial charge in [0.15, 0.2) is 5.13 Å². The number of carbonyl (C=O) groups is 1. The van der Waals surface area contributed by atoms with Crippen molar-refractivity contribution < 1.29 is 4.79 Å². The summed E-state index contributed by atoms with van der Waals surface area (Å²) in [5.74, 6) is 1.43. The number of likely N-dealkylation sites (tertiary alicyclic amines) is 1. The van der Waals surface area contributed by atoms with E-state index < -0.39 is 0 Å². The Labute approximate surface area is 130 Å². The average Bonchev–Trinajstić information content (AvgIpc) is 2.81. The van der Waals surface area contributed by atoms with Crippen molar-refractivity contribution in [3.63, 3.8) is 0 Å². The van der Waals surface area contributed by atoms with Gasteiger partial charge in [-0.15, -0.1) is 0 Å². The second kappa shape index (κ2) is 6.64. The molecule has 0 aromatic carbocycles. The number of piperidine rings is 1. The van der Waals surface area contributed by atoms with Crippen molar-refractivity contribution in [2.45, 2.75) is 46.6 Å². The first-order valence-corrected chi connectivity index (χ1v) is 8.56. The molecule has 1 aliphatic rings. The fourth-order valence-corrected chi connectivity index (χ4v) is 3.77. The smallest absolute Gasteiger partial charge is 0.268 e. The number of hydrogen-bond acceptors (Lipinski definition) is 5. The second-order valence-corrected chi connectivity index (χ2v) is 7.18. The quantitative estimate of drug-likeness (QED) is 0.896. The molecule has 3 unspecified atom stereocenters. The Kier molecular flexibility index (Phi) is 5.08. The third-order valence-electron chi connectivity index (χ3n) is 4.23. The van der Waals surface area contributed by atoms with E-state index in [9.17, 15) is 4.79 Å². The molecule has 3 N–H and O–H groups in total. The summed E-state index contributed by atoms with van der Waals surface area (Å²) >= 11 is 1.37. The SMILES string of the molecule is CCCNc1nc(N)c(C(=O)N2CC(C)CC(C)C2C)s1. The van der Waals surface area contributed by atoms with Crippen molar-refractivity contribution in [2.75, 3.05) is 24.1 Å². The van der Waals surface area contributed by atoms with Crippen LogP contribution in [0.4, 0.5) is 10.9 Å². The Morgan fingerprint density at radius 2 is 2.19 bits per heavy atom. The second-order valence-electron chi connectivity index (χ2n) is 6.18. The lowest BCUT2D eigenvalue weighted by Gasteiger charge is -2.40. The molecular formula is C15H26N4OS. The number of carbonyl (C=O) groups excluding carboxylic acids is 1. The molecule has 0 bridgehead atoms. The molecule has 1 amide bonds. The van der Waals surface area contributed by atoms with E-state index in [1.165, 1.54) is 17.8 Å². The summed E-state index contributed by atoms with van der Waals surface area (Å²) in [5, 5.41) is 3.94. The lowest BCUT2D eigenvalue weighted by molar-refractivity contribution is 0.0461. The number of anilines is 2. The van der Waals surface area contributed by atoms with E-state index in [1.807, 2.05) is 4.90 Å². The lowest BCUT2D eigenvalue weighted by Crippen LogP contribution is -2.48. The van der Waals surface area contributed by atoms with Gasteiger partial charge in [0, 0.05) is 19.1 Å². The maximum Gasteiger partial charge on any atom is 0.268 e. The summed E-state index contributed by atoms with van der Waals surface area (Å²) in [6, 6.07) is 0.252. The van der Waals surface area contributed by atoms with Crippen LogP contribution in [0.1, 0.15) is 50.2 Å². The van der Waals surface area contributed by atoms with Crippen LogP contribution < -0.4 is 11.1 Å². The van der Waals surface area contributed by atoms with Gasteiger partial charge in [-0.2, -0.15) is 0 Å². The normalized spacial score (nSPS) is 25.9. The van der Waals surface area contributed by atoms with Gasteiger partial charge in [-0.1, -0.05) is 32.1 Å². The van der Waals surface area contributed by atoms with Crippen LogP contribution in [0.2, 0.25) is 0 Å². The number of hydrogen-bond donors (Lipinski definition) is 2. The Morgan fingerprint density at radius 1 is 1.48 bits per heavy atom. The molecule has 118 valence electrons. The zero-order chi connectivity index (χ0) is 15.6. The van der Waals surface area contributed by atoms with Crippen molar-refractivity contribution in [3.8, 4) is 0 Å². The van der Waals surface area contributed by atoms with Gasteiger partial charge >= 0.3 is 0 Å². The fourth-order valence-electron chi connectivity index (χ4n) is 2.91. The van der Waals surface area contributed by atoms with Gasteiger partial charge in [-0.05, 0) is 31.6 Å². The van der Waals surface area contributed by atoms with Gasteiger partial charge in [0.1, 0.15) is 10.7 Å². The van der Waals surface area contributed by atoms with Crippen LogP contribution in [0.15, 0.2) is 0 Å². The molecule has 3 atom stereocenters. The monoisotopic (exact) mass is 310 g/mol. The summed E-state index contributed by atoms with van der Waals surface area (Å²) in [4.78, 5) is 19.6. The van der Waals surface area contributed by atoms with Gasteiger partial charge in [-0.25, -0.2) is 4.98 Å². The van der Waals surface area contributed by atoms with Crippen LogP contribution in [0.5, 0.6) is 0 Å². The highest BCUT2D eigenvalue weighted by Gasteiger charge is 2.34. The van der Waals surface area contributed by atoms with Gasteiger partial charge in [0.25, 0.3) is 5.91 Å². The van der Waals surface area contributed by atoms with E-state index in [4.69, 9.17) is 5.73 Å². The highest BCUT2D eigenvalue weighted by molar-refractivity contribution is 7.18. The molecule has 21 heavy (non-hydrogen) atoms. The molecule has 0 saturated carbocycles. The summed E-state index contributed by atoms with van der Waals surface area (Å²) in [6.07, 6.45) is 2.19. The van der Waals surface area contributed by atoms with Crippen LogP contribution in [0.25, 0.3) is 0 Å². The number of nitrogens with two attached hydrogens (primary N) is 1. The Hall–Kier alpha value is -1.30. The number of nitrogen functional groups attached to an aromatic ring is 1. The van der Waals surface area contributed by atoms with Crippen LogP contribution in [0.3, 0.4) is 0 Å². The predicted octanol–water partition coefficient (Wildman–Crippen LogP) is 3.05. The van der Waals surface area contributed by atoms with Gasteiger partial charge in [0.2, 0.25) is 0 Å². The number of nitrogens with zero attached hydrogens (tertiary/aromatic N) is 2. The molecular weight excluding hydrogens is 284 g/mol. The molecule has 2 rings (SSSR count). The minimum Gasteiger partial charge on any atom is -0.382 e. The van der Waals surface area contributed by atoms with Gasteiger partial charge in [0.05, 0.1) is 0 Å². The molecule has 0 aliphatic carbocycles. The van der Waals surface area contributed by atoms with Crippen molar-refractivity contribution in [1.82, 2.24) is 9.88 Å². The lowest BCUT2D eigenvalue weighted by atomic mass is 9.86. The zero-order valence-corrected chi connectivity index (χ0v) is 14.2. The maximum atomic E-state index is 12.8. The van der Waals surface area contributed by atoms with Gasteiger partial charge in [-0.3, -0.25) is 4.79 Å². The van der Waals surface area contributed by atoms with E-state index in [0.29, 0.717) is 22.5 Å². The summed E-state index contributed by atoms with van der Waals surface area (Å²) in [7, 11) is 0. The van der Waals surface area contributed by atoms with Crippen molar-refractivity contribution in [1.29, 1.82) is 0 Å². The van der Waals surface area contributed by atoms with Crippen LogP contribution >= 0.6 is 11.3 Å². The minimum absolute atomic E-state index is 0.0282. The third-order valence-corrected chi connectivity index (χ3v) is 5.25. The fraction of sp³-hybridized carbons (Fsp3) is 0.733. The molecule has 0 radical (unpaired) electrons. The molecule has 1 aromatic heterocycles. The number of rotatable bonds is 4. The summed E-state index contributed by atoms with van der Waals surface area (Å²) in [6.45, 7) is 10.3. The molecule has 1 aromatic rings. The molecule has 6 heteroatoms. The number of amides is 1. The summed E-state index contributed by atoms with van der Waals surface area (Å²) < 4.78 is 0. The molecule has 5 nitrogen and oxygen atoms in total. The molecule has 2 heterocycles. The third kappa shape index (κ3) is 3.48. The highest BCUT2D eigenvalue weighted by atomic mass is 32.1. The van der Waals surface area contributed by atoms with Crippen molar-refractivity contribution in [3.05, 3.63) is 4.88 Å². The zero-order valence-electron chi connectivity index (χ0n) is 13.3. The first-order valence-electron chi connectivity index (χ1n) is 7.75. The Balaban J connectivity index is 2.17. The average molecular weight is 310 g/mol. The largest absolute Gasteiger partial charge is 0.382 e. The van der Waals surface area contributed by atoms with Gasteiger partial charge < -0.3 is 16.0 Å². The molecule has 0 spiro atoms. The number of aromatic nitrogens is 1. The predicted molar refractivity (Wildman–Crippen MR) is 88.8 cm³/mol. The number of nitrogens with one attached hydrogen (secondary N) is 1. The molecule has 1 aliphatic heterocycles.